The van der Waals surface area contributed by atoms with Gasteiger partial charge < -0.3 is 14.6 Å². The fraction of sp³-hybridized carbons (Fsp3) is 0.348. The number of aromatic nitrogens is 4. The fourth-order valence-electron chi connectivity index (χ4n) is 3.93. The second-order valence-electron chi connectivity index (χ2n) is 7.64. The van der Waals surface area contributed by atoms with E-state index in [0.29, 0.717) is 19.4 Å². The zero-order chi connectivity index (χ0) is 21.3. The topological polar surface area (TPSA) is 73.4 Å². The molecule has 0 aliphatic rings. The van der Waals surface area contributed by atoms with Crippen LogP contribution in [-0.2, 0) is 22.5 Å². The minimum absolute atomic E-state index is 0.0105. The highest BCUT2D eigenvalue weighted by atomic mass is 16.5. The third kappa shape index (κ3) is 3.93. The number of benzene rings is 1. The van der Waals surface area contributed by atoms with Gasteiger partial charge in [-0.1, -0.05) is 0 Å². The Labute approximate surface area is 175 Å². The van der Waals surface area contributed by atoms with Crippen molar-refractivity contribution in [3.8, 4) is 0 Å². The van der Waals surface area contributed by atoms with Gasteiger partial charge in [-0.3, -0.25) is 4.79 Å². The maximum absolute atomic E-state index is 12.6. The van der Waals surface area contributed by atoms with E-state index in [0.717, 1.165) is 51.4 Å². The number of fused-ring (bicyclic) bond motifs is 2. The van der Waals surface area contributed by atoms with Gasteiger partial charge in [-0.25, -0.2) is 9.50 Å². The molecule has 4 rings (SSSR count). The van der Waals surface area contributed by atoms with Crippen LogP contribution in [0.4, 0.5) is 5.69 Å². The van der Waals surface area contributed by atoms with Crippen molar-refractivity contribution < 1.29 is 9.53 Å². The lowest BCUT2D eigenvalue weighted by atomic mass is 10.1. The Kier molecular flexibility index (Phi) is 5.55. The van der Waals surface area contributed by atoms with Gasteiger partial charge in [-0.05, 0) is 57.0 Å². The van der Waals surface area contributed by atoms with E-state index in [1.165, 1.54) is 0 Å². The third-order valence-electron chi connectivity index (χ3n) is 5.48. The van der Waals surface area contributed by atoms with Gasteiger partial charge in [0, 0.05) is 60.3 Å². The van der Waals surface area contributed by atoms with Gasteiger partial charge in [0.05, 0.1) is 12.3 Å². The highest BCUT2D eigenvalue weighted by Crippen LogP contribution is 2.21. The van der Waals surface area contributed by atoms with Crippen LogP contribution < -0.4 is 5.32 Å². The monoisotopic (exact) mass is 405 g/mol. The van der Waals surface area contributed by atoms with Crippen molar-refractivity contribution in [2.75, 3.05) is 19.0 Å². The van der Waals surface area contributed by atoms with Gasteiger partial charge in [0.25, 0.3) is 0 Å². The highest BCUT2D eigenvalue weighted by molar-refractivity contribution is 5.94. The molecule has 3 aromatic heterocycles. The Morgan fingerprint density at radius 2 is 2.00 bits per heavy atom. The summed E-state index contributed by atoms with van der Waals surface area (Å²) in [6.07, 6.45) is 3.06. The first-order valence-corrected chi connectivity index (χ1v) is 10.2. The Balaban J connectivity index is 1.44. The molecule has 0 aliphatic carbocycles. The number of nitrogens with zero attached hydrogens (tertiary/aromatic N) is 4. The largest absolute Gasteiger partial charge is 0.383 e. The molecule has 7 heteroatoms. The van der Waals surface area contributed by atoms with Crippen LogP contribution in [0, 0.1) is 20.8 Å². The number of anilines is 1. The quantitative estimate of drug-likeness (QED) is 0.507. The summed E-state index contributed by atoms with van der Waals surface area (Å²) in [7, 11) is 1.70. The average molecular weight is 406 g/mol. The third-order valence-corrected chi connectivity index (χ3v) is 5.48. The average Bonchev–Trinajstić information content (AvgIpc) is 3.28. The van der Waals surface area contributed by atoms with Crippen LogP contribution in [0.3, 0.4) is 0 Å². The molecular formula is C23H27N5O2. The zero-order valence-corrected chi connectivity index (χ0v) is 17.9. The van der Waals surface area contributed by atoms with Crippen molar-refractivity contribution in [3.63, 3.8) is 0 Å². The summed E-state index contributed by atoms with van der Waals surface area (Å²) >= 11 is 0. The van der Waals surface area contributed by atoms with Gasteiger partial charge in [0.1, 0.15) is 0 Å². The molecule has 0 atom stereocenters. The number of amides is 1. The Morgan fingerprint density at radius 3 is 2.80 bits per heavy atom. The lowest BCUT2D eigenvalue weighted by Gasteiger charge is -2.11. The summed E-state index contributed by atoms with van der Waals surface area (Å²) in [5.74, 6) is -0.0105. The van der Waals surface area contributed by atoms with E-state index < -0.39 is 0 Å². The van der Waals surface area contributed by atoms with Crippen LogP contribution >= 0.6 is 0 Å². The Morgan fingerprint density at radius 1 is 1.17 bits per heavy atom. The molecule has 1 aromatic carbocycles. The molecule has 0 saturated carbocycles. The summed E-state index contributed by atoms with van der Waals surface area (Å²) in [4.78, 5) is 17.2. The molecule has 1 N–H and O–H groups in total. The lowest BCUT2D eigenvalue weighted by molar-refractivity contribution is -0.116. The number of rotatable bonds is 7. The van der Waals surface area contributed by atoms with Crippen LogP contribution in [0.1, 0.15) is 29.1 Å². The summed E-state index contributed by atoms with van der Waals surface area (Å²) in [5.41, 5.74) is 6.79. The normalized spacial score (nSPS) is 11.5. The summed E-state index contributed by atoms with van der Waals surface area (Å²) in [6, 6.07) is 10.0. The molecule has 1 amide bonds. The van der Waals surface area contributed by atoms with Crippen LogP contribution in [0.2, 0.25) is 0 Å². The molecule has 0 radical (unpaired) electrons. The molecule has 0 saturated heterocycles. The van der Waals surface area contributed by atoms with Gasteiger partial charge in [-0.2, -0.15) is 5.10 Å². The van der Waals surface area contributed by atoms with Crippen molar-refractivity contribution >= 4 is 28.1 Å². The molecule has 0 spiro atoms. The van der Waals surface area contributed by atoms with Crippen molar-refractivity contribution in [2.45, 2.75) is 40.2 Å². The van der Waals surface area contributed by atoms with Crippen molar-refractivity contribution in [2.24, 2.45) is 0 Å². The van der Waals surface area contributed by atoms with E-state index >= 15 is 0 Å². The molecule has 3 heterocycles. The van der Waals surface area contributed by atoms with Crippen molar-refractivity contribution in [1.29, 1.82) is 0 Å². The van der Waals surface area contributed by atoms with E-state index in [-0.39, 0.29) is 5.91 Å². The van der Waals surface area contributed by atoms with Crippen molar-refractivity contribution in [3.05, 3.63) is 59.2 Å². The molecule has 30 heavy (non-hydrogen) atoms. The first-order valence-electron chi connectivity index (χ1n) is 10.2. The van der Waals surface area contributed by atoms with Gasteiger partial charge in [-0.15, -0.1) is 0 Å². The maximum atomic E-state index is 12.6. The molecular weight excluding hydrogens is 378 g/mol. The lowest BCUT2D eigenvalue weighted by Crippen LogP contribution is -2.14. The number of carbonyl (C=O) groups is 1. The van der Waals surface area contributed by atoms with Crippen LogP contribution in [0.15, 0.2) is 36.5 Å². The molecule has 0 bridgehead atoms. The number of carbonyl (C=O) groups excluding carboxylic acids is 1. The summed E-state index contributed by atoms with van der Waals surface area (Å²) < 4.78 is 9.17. The summed E-state index contributed by atoms with van der Waals surface area (Å²) in [6.45, 7) is 7.45. The highest BCUT2D eigenvalue weighted by Gasteiger charge is 2.13. The van der Waals surface area contributed by atoms with E-state index in [2.05, 4.69) is 26.0 Å². The number of methoxy groups -OCH3 is 1. The zero-order valence-electron chi connectivity index (χ0n) is 17.9. The Bertz CT molecular complexity index is 1220. The van der Waals surface area contributed by atoms with Gasteiger partial charge in [0.15, 0.2) is 5.65 Å². The number of hydrogen-bond donors (Lipinski definition) is 1. The number of ether oxygens (including phenoxy) is 1. The first-order chi connectivity index (χ1) is 14.5. The fourth-order valence-corrected chi connectivity index (χ4v) is 3.93. The predicted octanol–water partition coefficient (Wildman–Crippen LogP) is 3.83. The molecule has 7 nitrogen and oxygen atoms in total. The van der Waals surface area contributed by atoms with E-state index in [1.54, 1.807) is 7.11 Å². The number of aryl methyl sites for hydroxylation is 3. The van der Waals surface area contributed by atoms with Crippen LogP contribution in [0.25, 0.3) is 16.6 Å². The maximum Gasteiger partial charge on any atom is 0.224 e. The van der Waals surface area contributed by atoms with E-state index in [1.807, 2.05) is 55.7 Å². The summed E-state index contributed by atoms with van der Waals surface area (Å²) in [5, 5.41) is 8.62. The predicted molar refractivity (Wildman–Crippen MR) is 118 cm³/mol. The van der Waals surface area contributed by atoms with Gasteiger partial charge in [0.2, 0.25) is 5.91 Å². The van der Waals surface area contributed by atoms with Crippen LogP contribution in [-0.4, -0.2) is 38.8 Å². The molecule has 0 aliphatic heterocycles. The second-order valence-corrected chi connectivity index (χ2v) is 7.64. The molecule has 156 valence electrons. The minimum Gasteiger partial charge on any atom is -0.383 e. The second kappa shape index (κ2) is 8.28. The van der Waals surface area contributed by atoms with Crippen LogP contribution in [0.5, 0.6) is 0 Å². The van der Waals surface area contributed by atoms with Gasteiger partial charge >= 0.3 is 0 Å². The molecule has 4 aromatic rings. The molecule has 0 unspecified atom stereocenters. The van der Waals surface area contributed by atoms with Crippen molar-refractivity contribution in [1.82, 2.24) is 19.2 Å². The smallest absolute Gasteiger partial charge is 0.224 e. The SMILES string of the molecule is COCCn1ccc2cc(NC(=O)CCc3c(C)nc4cc(C)nn4c3C)ccc21. The minimum atomic E-state index is -0.0105. The van der Waals surface area contributed by atoms with E-state index in [4.69, 9.17) is 4.74 Å². The Hall–Kier alpha value is -3.19. The number of hydrogen-bond acceptors (Lipinski definition) is 4. The number of nitrogens with one attached hydrogen (secondary N) is 1. The standard InChI is InChI=1S/C23H27N5O2/c1-15-13-22-24-16(2)20(17(3)28(22)26-15)6-8-23(29)25-19-5-7-21-18(14-19)9-10-27(21)11-12-30-4/h5,7,9-10,13-14H,6,8,11-12H2,1-4H3,(H,25,29). The first kappa shape index (κ1) is 20.1. The van der Waals surface area contributed by atoms with E-state index in [9.17, 15) is 4.79 Å². The molecule has 0 fully saturated rings.